The molecular formula is C71H118O17. The molecule has 504 valence electrons. The van der Waals surface area contributed by atoms with E-state index in [1.54, 1.807) is 0 Å². The number of hydrogen-bond donors (Lipinski definition) is 0. The van der Waals surface area contributed by atoms with Gasteiger partial charge in [0.2, 0.25) is 6.29 Å². The van der Waals surface area contributed by atoms with Gasteiger partial charge < -0.3 is 61.6 Å². The Bertz CT molecular complexity index is 2370. The summed E-state index contributed by atoms with van der Waals surface area (Å²) in [5.41, 5.74) is 1.41. The zero-order valence-electron chi connectivity index (χ0n) is 57.7. The van der Waals surface area contributed by atoms with Crippen LogP contribution < -0.4 is 0 Å². The van der Waals surface area contributed by atoms with Crippen LogP contribution in [0.2, 0.25) is 0 Å². The van der Waals surface area contributed by atoms with Crippen molar-refractivity contribution in [2.24, 2.45) is 81.3 Å². The number of rotatable bonds is 18. The summed E-state index contributed by atoms with van der Waals surface area (Å²) in [7, 11) is 0. The maximum Gasteiger partial charge on any atom is 0.303 e. The molecule has 2 bridgehead atoms. The van der Waals surface area contributed by atoms with E-state index in [9.17, 15) is 19.2 Å². The van der Waals surface area contributed by atoms with Gasteiger partial charge in [-0.1, -0.05) is 131 Å². The van der Waals surface area contributed by atoms with Crippen molar-refractivity contribution < 1.29 is 80.8 Å². The van der Waals surface area contributed by atoms with Gasteiger partial charge in [-0.05, 0) is 147 Å². The molecule has 5 aliphatic heterocycles. The Morgan fingerprint density at radius 2 is 0.864 bits per heavy atom. The lowest BCUT2D eigenvalue weighted by Crippen LogP contribution is -2.64. The molecule has 5 saturated heterocycles. The van der Waals surface area contributed by atoms with Crippen molar-refractivity contribution in [2.45, 2.75) is 333 Å². The number of ether oxygens (including phenoxy) is 13. The average molecular weight is 1240 g/mol. The van der Waals surface area contributed by atoms with E-state index in [0.29, 0.717) is 23.2 Å². The second kappa shape index (κ2) is 28.9. The normalized spacial score (nSPS) is 48.1. The molecule has 0 aromatic rings. The highest BCUT2D eigenvalue weighted by Crippen LogP contribution is 2.73. The third kappa shape index (κ3) is 14.0. The second-order valence-corrected chi connectivity index (χ2v) is 30.2. The van der Waals surface area contributed by atoms with E-state index in [4.69, 9.17) is 68.2 Å². The number of carbonyl (C=O) groups excluding carboxylic acids is 4. The third-order valence-electron chi connectivity index (χ3n) is 24.8. The van der Waals surface area contributed by atoms with Crippen molar-refractivity contribution >= 4 is 24.4 Å². The van der Waals surface area contributed by atoms with Gasteiger partial charge in [0, 0.05) is 44.4 Å². The predicted molar refractivity (Wildman–Crippen MR) is 331 cm³/mol. The van der Waals surface area contributed by atoms with Gasteiger partial charge in [-0.15, -0.1) is 0 Å². The molecule has 88 heavy (non-hydrogen) atoms. The van der Waals surface area contributed by atoms with Crippen molar-refractivity contribution in [3.63, 3.8) is 0 Å². The van der Waals surface area contributed by atoms with Crippen molar-refractivity contribution in [1.82, 2.24) is 0 Å². The van der Waals surface area contributed by atoms with Crippen LogP contribution in [0.3, 0.4) is 0 Å². The fourth-order valence-electron chi connectivity index (χ4n) is 19.1. The van der Waals surface area contributed by atoms with Gasteiger partial charge >= 0.3 is 17.9 Å². The molecule has 0 amide bonds. The Morgan fingerprint density at radius 3 is 1.30 bits per heavy atom. The molecule has 0 N–H and O–H groups in total. The zero-order chi connectivity index (χ0) is 64.7. The van der Waals surface area contributed by atoms with E-state index >= 15 is 0 Å². The molecule has 9 rings (SSSR count). The average Bonchev–Trinajstić information content (AvgIpc) is 1.44. The topological polar surface area (TPSA) is 188 Å². The first kappa shape index (κ1) is 71.1. The summed E-state index contributed by atoms with van der Waals surface area (Å²) in [6.45, 7) is 46.7. The summed E-state index contributed by atoms with van der Waals surface area (Å²) in [6.07, 6.45) is 5.99. The number of fused-ring (bicyclic) bond motifs is 3. The van der Waals surface area contributed by atoms with Crippen LogP contribution >= 0.6 is 0 Å². The summed E-state index contributed by atoms with van der Waals surface area (Å²) in [5.74, 6) is 0.892. The number of hydrogen-bond acceptors (Lipinski definition) is 17. The molecular weight excluding hydrogens is 1120 g/mol. The van der Waals surface area contributed by atoms with E-state index in [-0.39, 0.29) is 107 Å². The Labute approximate surface area is 529 Å². The van der Waals surface area contributed by atoms with Gasteiger partial charge in [0.1, 0.15) is 12.2 Å². The van der Waals surface area contributed by atoms with Crippen LogP contribution in [-0.4, -0.2) is 129 Å². The standard InChI is InChI=1S/C50H82O10.C21H36O7/c1-15-35-28(5)30(7)41(53-33(10)51)44(55-35)58-40-32(9)37(17-3)57-46(43(40)59-45-42(54-34(11)52)31(8)29(6)36(16-2)56-45)60-50-24-20-39-48(14)22-18-21-47(12,13)38(48)19-23-49(39,26-50)25-27(50)4;1-8-16-11(3)13(5)18(20(26-16)24-10-22)28-21-19(25-15(7)23)14(6)12(4)17(9-2)27-21/h28-32,35-46H,4,15-26H2,1-3,5-14H3;10-14,16-21H,8-9H2,1-7H3/t28?,29?,30?,31?,32?,35?,36?,37?,38-,39+,40?,41?,42?,43?,44?,45?,46?,48-,49-,50+;/m1./s1. The minimum Gasteiger partial charge on any atom is -0.457 e. The van der Waals surface area contributed by atoms with Crippen LogP contribution in [0.4, 0.5) is 0 Å². The SMILES string of the molecule is C=C1C[C@@]23CC[C@@H]4C(C)(C)CCC[C@@]4(C)[C@@H]2CC[C@]1(OC1OC(CC)C(C)C(OC2OC(CC)C(C)C(C)C2OC(C)=O)C1OC1OC(CC)C(C)C(C)C1OC(C)=O)C3.CCC1OC(OC2C(OC=O)OC(CC)C(C)C2C)C(OC(C)=O)C(C)C1C. The first-order chi connectivity index (χ1) is 41.5. The molecule has 0 aromatic carbocycles. The molecule has 25 unspecified atom stereocenters. The first-order valence-electron chi connectivity index (χ1n) is 34.7. The highest BCUT2D eigenvalue weighted by atomic mass is 16.8. The summed E-state index contributed by atoms with van der Waals surface area (Å²) < 4.78 is 84.2. The molecule has 0 radical (unpaired) electrons. The Kier molecular flexibility index (Phi) is 23.3. The Balaban J connectivity index is 0.000000300. The quantitative estimate of drug-likeness (QED) is 0.0414. The van der Waals surface area contributed by atoms with Gasteiger partial charge in [0.25, 0.3) is 6.47 Å². The van der Waals surface area contributed by atoms with Crippen LogP contribution in [0, 0.1) is 81.3 Å². The van der Waals surface area contributed by atoms with Crippen molar-refractivity contribution in [3.05, 3.63) is 12.2 Å². The van der Waals surface area contributed by atoms with E-state index in [2.05, 4.69) is 111 Å². The minimum absolute atomic E-state index is 0.00197. The highest BCUT2D eigenvalue weighted by molar-refractivity contribution is 5.67. The summed E-state index contributed by atoms with van der Waals surface area (Å²) in [5, 5.41) is 0. The maximum absolute atomic E-state index is 12.7. The molecule has 17 heteroatoms. The van der Waals surface area contributed by atoms with Gasteiger partial charge in [-0.25, -0.2) is 0 Å². The monoisotopic (exact) mass is 1240 g/mol. The summed E-state index contributed by atoms with van der Waals surface area (Å²) >= 11 is 0. The third-order valence-corrected chi connectivity index (χ3v) is 24.8. The van der Waals surface area contributed by atoms with E-state index in [0.717, 1.165) is 63.7 Å². The van der Waals surface area contributed by atoms with Crippen LogP contribution in [0.5, 0.6) is 0 Å². The summed E-state index contributed by atoms with van der Waals surface area (Å²) in [4.78, 5) is 48.0. The zero-order valence-corrected chi connectivity index (χ0v) is 57.7. The molecule has 4 saturated carbocycles. The van der Waals surface area contributed by atoms with Gasteiger partial charge in [-0.2, -0.15) is 0 Å². The van der Waals surface area contributed by atoms with Crippen LogP contribution in [0.1, 0.15) is 228 Å². The van der Waals surface area contributed by atoms with Gasteiger partial charge in [0.15, 0.2) is 43.5 Å². The Hall–Kier alpha value is -2.74. The molecule has 0 aromatic heterocycles. The highest BCUT2D eigenvalue weighted by Gasteiger charge is 2.68. The molecule has 17 nitrogen and oxygen atoms in total. The molecule has 4 aliphatic carbocycles. The number of carbonyl (C=O) groups is 4. The lowest BCUT2D eigenvalue weighted by molar-refractivity contribution is -0.387. The van der Waals surface area contributed by atoms with Crippen LogP contribution in [0.15, 0.2) is 12.2 Å². The van der Waals surface area contributed by atoms with Crippen molar-refractivity contribution in [3.8, 4) is 0 Å². The van der Waals surface area contributed by atoms with Gasteiger partial charge in [-0.3, -0.25) is 19.2 Å². The number of esters is 3. The summed E-state index contributed by atoms with van der Waals surface area (Å²) in [6, 6.07) is 0. The van der Waals surface area contributed by atoms with E-state index in [1.165, 1.54) is 58.4 Å². The van der Waals surface area contributed by atoms with Crippen molar-refractivity contribution in [2.75, 3.05) is 0 Å². The van der Waals surface area contributed by atoms with E-state index < -0.39 is 73.7 Å². The molecule has 9 aliphatic rings. The smallest absolute Gasteiger partial charge is 0.303 e. The fourth-order valence-corrected chi connectivity index (χ4v) is 19.1. The lowest BCUT2D eigenvalue weighted by Gasteiger charge is -2.64. The Morgan fingerprint density at radius 1 is 0.477 bits per heavy atom. The first-order valence-corrected chi connectivity index (χ1v) is 34.7. The molecule has 30 atom stereocenters. The van der Waals surface area contributed by atoms with Crippen molar-refractivity contribution in [1.29, 1.82) is 0 Å². The fraction of sp³-hybridized carbons (Fsp3) is 0.915. The molecule has 9 fully saturated rings. The molecule has 5 heterocycles. The maximum atomic E-state index is 12.7. The predicted octanol–water partition coefficient (Wildman–Crippen LogP) is 13.6. The van der Waals surface area contributed by atoms with Crippen LogP contribution in [-0.2, 0) is 80.8 Å². The van der Waals surface area contributed by atoms with E-state index in [1.807, 2.05) is 6.92 Å². The van der Waals surface area contributed by atoms with Crippen LogP contribution in [0.25, 0.3) is 0 Å². The minimum atomic E-state index is -0.892. The molecule has 1 spiro atoms. The second-order valence-electron chi connectivity index (χ2n) is 30.2. The largest absolute Gasteiger partial charge is 0.457 e. The lowest BCUT2D eigenvalue weighted by atomic mass is 9.41. The van der Waals surface area contributed by atoms with Gasteiger partial charge in [0.05, 0.1) is 42.2 Å².